The minimum Gasteiger partial charge on any atom is -0.378 e. The summed E-state index contributed by atoms with van der Waals surface area (Å²) in [4.78, 5) is 12.0. The van der Waals surface area contributed by atoms with Crippen molar-refractivity contribution in [2.75, 3.05) is 20.2 Å². The summed E-state index contributed by atoms with van der Waals surface area (Å²) < 4.78 is 5.28. The average molecular weight is 245 g/mol. The van der Waals surface area contributed by atoms with Gasteiger partial charge in [-0.05, 0) is 18.2 Å². The Bertz CT molecular complexity index is 481. The molecule has 0 radical (unpaired) electrons. The molecule has 1 amide bonds. The number of hydrogen-bond donors (Lipinski definition) is 2. The van der Waals surface area contributed by atoms with Crippen LogP contribution in [0.2, 0.25) is 0 Å². The average Bonchev–Trinajstić information content (AvgIpc) is 2.86. The molecule has 1 saturated heterocycles. The van der Waals surface area contributed by atoms with E-state index >= 15 is 0 Å². The molecule has 0 aliphatic carbocycles. The lowest BCUT2D eigenvalue weighted by atomic mass is 10.1. The summed E-state index contributed by atoms with van der Waals surface area (Å²) in [5.74, 6) is -0.178. The van der Waals surface area contributed by atoms with Gasteiger partial charge < -0.3 is 15.4 Å². The van der Waals surface area contributed by atoms with Gasteiger partial charge in [0.05, 0.1) is 23.8 Å². The highest BCUT2D eigenvalue weighted by atomic mass is 16.5. The molecule has 1 aromatic carbocycles. The third kappa shape index (κ3) is 2.67. The highest BCUT2D eigenvalue weighted by Crippen LogP contribution is 2.08. The predicted octanol–water partition coefficient (Wildman–Crippen LogP) is 0.275. The van der Waals surface area contributed by atoms with Crippen LogP contribution in [0.4, 0.5) is 0 Å². The smallest absolute Gasteiger partial charge is 0.251 e. The van der Waals surface area contributed by atoms with Crippen LogP contribution in [0, 0.1) is 11.3 Å². The van der Waals surface area contributed by atoms with Crippen LogP contribution in [0.15, 0.2) is 24.3 Å². The van der Waals surface area contributed by atoms with Crippen molar-refractivity contribution >= 4 is 5.91 Å². The van der Waals surface area contributed by atoms with Crippen molar-refractivity contribution in [3.63, 3.8) is 0 Å². The number of nitrogens with zero attached hydrogens (tertiary/aromatic N) is 1. The van der Waals surface area contributed by atoms with E-state index in [1.807, 2.05) is 6.07 Å². The summed E-state index contributed by atoms with van der Waals surface area (Å²) in [7, 11) is 1.63. The molecule has 94 valence electrons. The standard InChI is InChI=1S/C13H15N3O2/c1-18-12-8-15-7-11(12)16-13(17)10-4-2-3-9(5-10)6-14/h2-5,11-12,15H,7-8H2,1H3,(H,16,17)/t11?,12-/m0/s1. The fourth-order valence-corrected chi connectivity index (χ4v) is 2.03. The molecule has 1 aliphatic rings. The van der Waals surface area contributed by atoms with Crippen molar-refractivity contribution in [2.45, 2.75) is 12.1 Å². The normalized spacial score (nSPS) is 22.4. The number of carbonyl (C=O) groups excluding carboxylic acids is 1. The van der Waals surface area contributed by atoms with E-state index in [1.54, 1.807) is 31.4 Å². The molecule has 0 aromatic heterocycles. The SMILES string of the molecule is CO[C@H]1CNCC1NC(=O)c1cccc(C#N)c1. The second-order valence-corrected chi connectivity index (χ2v) is 4.20. The summed E-state index contributed by atoms with van der Waals surface area (Å²) in [6.45, 7) is 1.43. The molecular formula is C13H15N3O2. The van der Waals surface area contributed by atoms with E-state index in [9.17, 15) is 4.79 Å². The Labute approximate surface area is 106 Å². The van der Waals surface area contributed by atoms with E-state index < -0.39 is 0 Å². The Kier molecular flexibility index (Phi) is 3.92. The summed E-state index contributed by atoms with van der Waals surface area (Å²) >= 11 is 0. The highest BCUT2D eigenvalue weighted by Gasteiger charge is 2.28. The monoisotopic (exact) mass is 245 g/mol. The Morgan fingerprint density at radius 2 is 2.39 bits per heavy atom. The van der Waals surface area contributed by atoms with Gasteiger partial charge in [0.2, 0.25) is 0 Å². The minimum absolute atomic E-state index is 0.00639. The molecule has 5 heteroatoms. The van der Waals surface area contributed by atoms with E-state index in [2.05, 4.69) is 10.6 Å². The Morgan fingerprint density at radius 1 is 1.56 bits per heavy atom. The van der Waals surface area contributed by atoms with E-state index in [4.69, 9.17) is 10.00 Å². The first-order valence-electron chi connectivity index (χ1n) is 5.79. The molecule has 1 unspecified atom stereocenters. The maximum absolute atomic E-state index is 12.0. The van der Waals surface area contributed by atoms with Crippen LogP contribution in [0.1, 0.15) is 15.9 Å². The van der Waals surface area contributed by atoms with Crippen molar-refractivity contribution < 1.29 is 9.53 Å². The third-order valence-corrected chi connectivity index (χ3v) is 3.03. The molecule has 2 N–H and O–H groups in total. The van der Waals surface area contributed by atoms with Gasteiger partial charge in [-0.2, -0.15) is 5.26 Å². The second-order valence-electron chi connectivity index (χ2n) is 4.20. The fraction of sp³-hybridized carbons (Fsp3) is 0.385. The molecule has 1 fully saturated rings. The quantitative estimate of drug-likeness (QED) is 0.802. The van der Waals surface area contributed by atoms with Crippen LogP contribution < -0.4 is 10.6 Å². The van der Waals surface area contributed by atoms with Crippen LogP contribution in [0.5, 0.6) is 0 Å². The zero-order valence-electron chi connectivity index (χ0n) is 10.1. The number of carbonyl (C=O) groups is 1. The molecular weight excluding hydrogens is 230 g/mol. The fourth-order valence-electron chi connectivity index (χ4n) is 2.03. The maximum atomic E-state index is 12.0. The lowest BCUT2D eigenvalue weighted by Gasteiger charge is -2.18. The summed E-state index contributed by atoms with van der Waals surface area (Å²) in [6.07, 6.45) is -0.00639. The number of amides is 1. The van der Waals surface area contributed by atoms with Gasteiger partial charge >= 0.3 is 0 Å². The van der Waals surface area contributed by atoms with Crippen LogP contribution in [-0.2, 0) is 4.74 Å². The number of benzene rings is 1. The molecule has 0 saturated carbocycles. The first-order chi connectivity index (χ1) is 8.74. The van der Waals surface area contributed by atoms with Crippen molar-refractivity contribution in [1.29, 1.82) is 5.26 Å². The van der Waals surface area contributed by atoms with Crippen molar-refractivity contribution in [3.05, 3.63) is 35.4 Å². The predicted molar refractivity (Wildman–Crippen MR) is 66.1 cm³/mol. The minimum atomic E-state index is -0.178. The van der Waals surface area contributed by atoms with Gasteiger partial charge in [0.15, 0.2) is 0 Å². The zero-order valence-corrected chi connectivity index (χ0v) is 10.1. The second kappa shape index (κ2) is 5.63. The van der Waals surface area contributed by atoms with Crippen molar-refractivity contribution in [1.82, 2.24) is 10.6 Å². The van der Waals surface area contributed by atoms with Crippen LogP contribution in [0.25, 0.3) is 0 Å². The summed E-state index contributed by atoms with van der Waals surface area (Å²) in [5, 5.41) is 14.9. The van der Waals surface area contributed by atoms with Crippen molar-refractivity contribution in [2.24, 2.45) is 0 Å². The number of methoxy groups -OCH3 is 1. The van der Waals surface area contributed by atoms with E-state index in [-0.39, 0.29) is 18.1 Å². The molecule has 1 aliphatic heterocycles. The zero-order chi connectivity index (χ0) is 13.0. The van der Waals surface area contributed by atoms with E-state index in [0.717, 1.165) is 6.54 Å². The Hall–Kier alpha value is -1.90. The first kappa shape index (κ1) is 12.6. The maximum Gasteiger partial charge on any atom is 0.251 e. The van der Waals surface area contributed by atoms with Gasteiger partial charge in [0, 0.05) is 25.8 Å². The lowest BCUT2D eigenvalue weighted by Crippen LogP contribution is -2.43. The van der Waals surface area contributed by atoms with Crippen LogP contribution in [-0.4, -0.2) is 38.3 Å². The van der Waals surface area contributed by atoms with Gasteiger partial charge in [0.25, 0.3) is 5.91 Å². The van der Waals surface area contributed by atoms with E-state index in [1.165, 1.54) is 0 Å². The number of rotatable bonds is 3. The molecule has 0 bridgehead atoms. The topological polar surface area (TPSA) is 74.2 Å². The molecule has 2 atom stereocenters. The van der Waals surface area contributed by atoms with Crippen molar-refractivity contribution in [3.8, 4) is 6.07 Å². The molecule has 0 spiro atoms. The third-order valence-electron chi connectivity index (χ3n) is 3.03. The molecule has 2 rings (SSSR count). The molecule has 18 heavy (non-hydrogen) atoms. The molecule has 1 heterocycles. The van der Waals surface area contributed by atoms with Gasteiger partial charge in [-0.1, -0.05) is 6.07 Å². The number of nitrogens with one attached hydrogen (secondary N) is 2. The number of hydrogen-bond acceptors (Lipinski definition) is 4. The van der Waals surface area contributed by atoms with Crippen LogP contribution in [0.3, 0.4) is 0 Å². The van der Waals surface area contributed by atoms with Gasteiger partial charge in [-0.15, -0.1) is 0 Å². The first-order valence-corrected chi connectivity index (χ1v) is 5.79. The highest BCUT2D eigenvalue weighted by molar-refractivity contribution is 5.94. The largest absolute Gasteiger partial charge is 0.378 e. The summed E-state index contributed by atoms with van der Waals surface area (Å²) in [5.41, 5.74) is 0.978. The number of ether oxygens (including phenoxy) is 1. The van der Waals surface area contributed by atoms with Gasteiger partial charge in [-0.25, -0.2) is 0 Å². The Morgan fingerprint density at radius 3 is 3.11 bits per heavy atom. The Balaban J connectivity index is 2.05. The van der Waals surface area contributed by atoms with E-state index in [0.29, 0.717) is 17.7 Å². The molecule has 1 aromatic rings. The molecule has 5 nitrogen and oxygen atoms in total. The van der Waals surface area contributed by atoms with Gasteiger partial charge in [-0.3, -0.25) is 4.79 Å². The summed E-state index contributed by atoms with van der Waals surface area (Å²) in [6, 6.07) is 8.64. The van der Waals surface area contributed by atoms with Gasteiger partial charge in [0.1, 0.15) is 0 Å². The lowest BCUT2D eigenvalue weighted by molar-refractivity contribution is 0.0780. The van der Waals surface area contributed by atoms with Crippen LogP contribution >= 0.6 is 0 Å². The number of nitriles is 1.